The Morgan fingerprint density at radius 1 is 1.46 bits per heavy atom. The largest absolute Gasteiger partial charge is 0.457 e. The molecule has 0 radical (unpaired) electrons. The number of carbonyl (C=O) groups excluding carboxylic acids is 1. The minimum absolute atomic E-state index is 0.0951. The minimum atomic E-state index is -0.470. The molecule has 0 bridgehead atoms. The van der Waals surface area contributed by atoms with Crippen molar-refractivity contribution in [3.05, 3.63) is 40.5 Å². The van der Waals surface area contributed by atoms with Crippen molar-refractivity contribution in [3.8, 4) is 0 Å². The molecule has 0 saturated carbocycles. The molecule has 1 atom stereocenters. The van der Waals surface area contributed by atoms with Gasteiger partial charge in [0.15, 0.2) is 0 Å². The summed E-state index contributed by atoms with van der Waals surface area (Å²) >= 11 is 3.35. The summed E-state index contributed by atoms with van der Waals surface area (Å²) < 4.78 is 19.3. The quantitative estimate of drug-likeness (QED) is 0.635. The van der Waals surface area contributed by atoms with Crippen molar-refractivity contribution in [3.63, 3.8) is 0 Å². The molecule has 8 heteroatoms. The van der Waals surface area contributed by atoms with Crippen molar-refractivity contribution in [2.24, 2.45) is 5.92 Å². The second-order valence-electron chi connectivity index (χ2n) is 6.87. The van der Waals surface area contributed by atoms with Gasteiger partial charge in [-0.1, -0.05) is 13.8 Å². The molecule has 26 heavy (non-hydrogen) atoms. The highest BCUT2D eigenvalue weighted by Crippen LogP contribution is 2.14. The summed E-state index contributed by atoms with van der Waals surface area (Å²) in [5.74, 6) is 0.973. The van der Waals surface area contributed by atoms with E-state index in [9.17, 15) is 4.79 Å². The van der Waals surface area contributed by atoms with Crippen LogP contribution in [-0.4, -0.2) is 59.6 Å². The zero-order valence-corrected chi connectivity index (χ0v) is 16.6. The van der Waals surface area contributed by atoms with Crippen molar-refractivity contribution in [1.82, 2.24) is 14.7 Å². The zero-order chi connectivity index (χ0) is 18.5. The Labute approximate surface area is 161 Å². The molecule has 0 N–H and O–H groups in total. The molecule has 2 aromatic heterocycles. The van der Waals surface area contributed by atoms with Crippen LogP contribution in [0.2, 0.25) is 0 Å². The smallest absolute Gasteiger partial charge is 0.374 e. The van der Waals surface area contributed by atoms with E-state index in [1.54, 1.807) is 23.0 Å². The van der Waals surface area contributed by atoms with Crippen LogP contribution < -0.4 is 0 Å². The highest BCUT2D eigenvalue weighted by atomic mass is 79.9. The number of halogens is 1. The predicted molar refractivity (Wildman–Crippen MR) is 99.0 cm³/mol. The molecule has 1 unspecified atom stereocenters. The zero-order valence-electron chi connectivity index (χ0n) is 15.1. The second kappa shape index (κ2) is 8.83. The molecule has 0 amide bonds. The molecule has 3 heterocycles. The Bertz CT molecular complexity index is 728. The van der Waals surface area contributed by atoms with E-state index in [2.05, 4.69) is 39.8 Å². The van der Waals surface area contributed by atoms with Gasteiger partial charge in [0.05, 0.1) is 23.8 Å². The monoisotopic (exact) mass is 425 g/mol. The summed E-state index contributed by atoms with van der Waals surface area (Å²) in [6, 6.07) is 3.39. The van der Waals surface area contributed by atoms with Crippen LogP contribution in [0.4, 0.5) is 0 Å². The van der Waals surface area contributed by atoms with E-state index in [0.29, 0.717) is 24.8 Å². The van der Waals surface area contributed by atoms with E-state index in [0.717, 1.165) is 24.1 Å². The molecule has 1 fully saturated rings. The van der Waals surface area contributed by atoms with Gasteiger partial charge in [0, 0.05) is 25.8 Å². The van der Waals surface area contributed by atoms with Gasteiger partial charge in [-0.15, -0.1) is 0 Å². The van der Waals surface area contributed by atoms with Gasteiger partial charge in [0.25, 0.3) is 0 Å². The number of carbonyl (C=O) groups is 1. The number of ether oxygens (including phenoxy) is 2. The van der Waals surface area contributed by atoms with Gasteiger partial charge >= 0.3 is 5.97 Å². The molecule has 7 nitrogen and oxygen atoms in total. The lowest BCUT2D eigenvalue weighted by molar-refractivity contribution is -0.0618. The number of hydrogen-bond donors (Lipinski definition) is 0. The van der Waals surface area contributed by atoms with E-state index in [1.807, 2.05) is 6.20 Å². The Morgan fingerprint density at radius 2 is 2.31 bits per heavy atom. The molecule has 3 rings (SSSR count). The van der Waals surface area contributed by atoms with Crippen molar-refractivity contribution in [2.75, 3.05) is 32.8 Å². The van der Waals surface area contributed by atoms with E-state index in [-0.39, 0.29) is 18.5 Å². The lowest BCUT2D eigenvalue weighted by atomic mass is 10.2. The molecule has 0 aliphatic carbocycles. The van der Waals surface area contributed by atoms with Gasteiger partial charge in [0.2, 0.25) is 5.76 Å². The predicted octanol–water partition coefficient (Wildman–Crippen LogP) is 2.80. The Kier molecular flexibility index (Phi) is 6.50. The number of hydrogen-bond acceptors (Lipinski definition) is 6. The SMILES string of the molecule is CC(C)CN1CCOC(COC(=O)c2ccc(Cn3cc(Br)cn3)o2)C1. The number of morpholine rings is 1. The Hall–Kier alpha value is -1.64. The third kappa shape index (κ3) is 5.43. The van der Waals surface area contributed by atoms with Gasteiger partial charge in [-0.2, -0.15) is 5.10 Å². The van der Waals surface area contributed by atoms with Crippen LogP contribution in [0.15, 0.2) is 33.4 Å². The molecule has 0 aromatic carbocycles. The molecule has 1 aliphatic rings. The van der Waals surface area contributed by atoms with Crippen molar-refractivity contribution in [1.29, 1.82) is 0 Å². The van der Waals surface area contributed by atoms with Gasteiger partial charge in [-0.3, -0.25) is 9.58 Å². The average molecular weight is 426 g/mol. The van der Waals surface area contributed by atoms with Crippen LogP contribution in [0.5, 0.6) is 0 Å². The summed E-state index contributed by atoms with van der Waals surface area (Å²) in [5.41, 5.74) is 0. The van der Waals surface area contributed by atoms with E-state index in [4.69, 9.17) is 13.9 Å². The third-order valence-electron chi connectivity index (χ3n) is 4.03. The fourth-order valence-corrected chi connectivity index (χ4v) is 3.29. The summed E-state index contributed by atoms with van der Waals surface area (Å²) in [4.78, 5) is 14.5. The topological polar surface area (TPSA) is 69.7 Å². The number of aromatic nitrogens is 2. The van der Waals surface area contributed by atoms with Crippen molar-refractivity contribution < 1.29 is 18.7 Å². The molecule has 0 spiro atoms. The Morgan fingerprint density at radius 3 is 3.04 bits per heavy atom. The highest BCUT2D eigenvalue weighted by molar-refractivity contribution is 9.10. The molecule has 2 aromatic rings. The third-order valence-corrected chi connectivity index (χ3v) is 4.44. The first-order valence-electron chi connectivity index (χ1n) is 8.77. The lowest BCUT2D eigenvalue weighted by Crippen LogP contribution is -2.45. The number of nitrogens with zero attached hydrogens (tertiary/aromatic N) is 3. The molecule has 1 saturated heterocycles. The maximum atomic E-state index is 12.2. The summed E-state index contributed by atoms with van der Waals surface area (Å²) in [6.45, 7) is 8.47. The average Bonchev–Trinajstić information content (AvgIpc) is 3.22. The van der Waals surface area contributed by atoms with Crippen LogP contribution in [0.25, 0.3) is 0 Å². The van der Waals surface area contributed by atoms with Gasteiger partial charge in [0.1, 0.15) is 18.5 Å². The van der Waals surface area contributed by atoms with Gasteiger partial charge < -0.3 is 13.9 Å². The van der Waals surface area contributed by atoms with Crippen LogP contribution in [-0.2, 0) is 16.0 Å². The number of rotatable bonds is 7. The number of esters is 1. The van der Waals surface area contributed by atoms with Gasteiger partial charge in [-0.05, 0) is 34.0 Å². The first-order chi connectivity index (χ1) is 12.5. The van der Waals surface area contributed by atoms with E-state index < -0.39 is 5.97 Å². The molecule has 142 valence electrons. The normalized spacial score (nSPS) is 18.4. The van der Waals surface area contributed by atoms with Crippen LogP contribution >= 0.6 is 15.9 Å². The lowest BCUT2D eigenvalue weighted by Gasteiger charge is -2.33. The summed E-state index contributed by atoms with van der Waals surface area (Å²) in [7, 11) is 0. The maximum Gasteiger partial charge on any atom is 0.374 e. The minimum Gasteiger partial charge on any atom is -0.457 e. The van der Waals surface area contributed by atoms with Crippen LogP contribution in [0, 0.1) is 5.92 Å². The summed E-state index contributed by atoms with van der Waals surface area (Å²) in [6.07, 6.45) is 3.44. The summed E-state index contributed by atoms with van der Waals surface area (Å²) in [5, 5.41) is 4.16. The fraction of sp³-hybridized carbons (Fsp3) is 0.556. The maximum absolute atomic E-state index is 12.2. The second-order valence-corrected chi connectivity index (χ2v) is 7.78. The van der Waals surface area contributed by atoms with Gasteiger partial charge in [-0.25, -0.2) is 4.79 Å². The first kappa shape index (κ1) is 19.1. The number of furan rings is 1. The van der Waals surface area contributed by atoms with E-state index in [1.165, 1.54) is 0 Å². The van der Waals surface area contributed by atoms with E-state index >= 15 is 0 Å². The van der Waals surface area contributed by atoms with Crippen LogP contribution in [0.3, 0.4) is 0 Å². The highest BCUT2D eigenvalue weighted by Gasteiger charge is 2.23. The standard InChI is InChI=1S/C18H24BrN3O4/c1-13(2)8-21-5-6-24-16(10-21)12-25-18(23)17-4-3-15(26-17)11-22-9-14(19)7-20-22/h3-4,7,9,13,16H,5-6,8,10-12H2,1-2H3. The molecule has 1 aliphatic heterocycles. The van der Waals surface area contributed by atoms with Crippen molar-refractivity contribution >= 4 is 21.9 Å². The molecular formula is C18H24BrN3O4. The van der Waals surface area contributed by atoms with Crippen LogP contribution in [0.1, 0.15) is 30.2 Å². The fourth-order valence-electron chi connectivity index (χ4n) is 2.96. The molecular weight excluding hydrogens is 402 g/mol. The first-order valence-corrected chi connectivity index (χ1v) is 9.56. The van der Waals surface area contributed by atoms with Crippen molar-refractivity contribution in [2.45, 2.75) is 26.5 Å². The Balaban J connectivity index is 1.47.